The molecule has 1 aromatic heterocycles. The maximum absolute atomic E-state index is 5.88. The molecule has 4 nitrogen and oxygen atoms in total. The molecule has 1 aliphatic heterocycles. The maximum Gasteiger partial charge on any atom is 0.122 e. The van der Waals surface area contributed by atoms with Crippen molar-refractivity contribution in [3.8, 4) is 0 Å². The van der Waals surface area contributed by atoms with Crippen molar-refractivity contribution in [3.63, 3.8) is 0 Å². The molecule has 0 saturated carbocycles. The first kappa shape index (κ1) is 12.6. The number of rotatable bonds is 4. The van der Waals surface area contributed by atoms with Gasteiger partial charge in [-0.15, -0.1) is 0 Å². The Morgan fingerprint density at radius 1 is 1.65 bits per heavy atom. The Kier molecular flexibility index (Phi) is 3.86. The van der Waals surface area contributed by atoms with E-state index in [1.54, 1.807) is 13.4 Å². The van der Waals surface area contributed by atoms with E-state index in [4.69, 9.17) is 14.9 Å². The van der Waals surface area contributed by atoms with Gasteiger partial charge in [-0.1, -0.05) is 0 Å². The van der Waals surface area contributed by atoms with Gasteiger partial charge >= 0.3 is 0 Å². The lowest BCUT2D eigenvalue weighted by molar-refractivity contribution is -0.0626. The van der Waals surface area contributed by atoms with Crippen molar-refractivity contribution in [2.24, 2.45) is 5.73 Å². The lowest BCUT2D eigenvalue weighted by Gasteiger charge is -2.42. The highest BCUT2D eigenvalue weighted by molar-refractivity contribution is 5.06. The van der Waals surface area contributed by atoms with Gasteiger partial charge in [0.15, 0.2) is 0 Å². The number of hydrogen-bond acceptors (Lipinski definition) is 4. The lowest BCUT2D eigenvalue weighted by atomic mass is 9.93. The van der Waals surface area contributed by atoms with E-state index in [0.29, 0.717) is 6.54 Å². The highest BCUT2D eigenvalue weighted by Gasteiger charge is 2.34. The fourth-order valence-electron chi connectivity index (χ4n) is 2.60. The minimum atomic E-state index is -0.0573. The molecule has 2 heterocycles. The quantitative estimate of drug-likeness (QED) is 0.868. The molecule has 0 amide bonds. The fourth-order valence-corrected chi connectivity index (χ4v) is 2.60. The van der Waals surface area contributed by atoms with Crippen LogP contribution >= 0.6 is 0 Å². The Morgan fingerprint density at radius 3 is 3.06 bits per heavy atom. The predicted molar refractivity (Wildman–Crippen MR) is 66.7 cm³/mol. The summed E-state index contributed by atoms with van der Waals surface area (Å²) in [4.78, 5) is 2.37. The van der Waals surface area contributed by atoms with Crippen molar-refractivity contribution in [1.82, 2.24) is 4.90 Å². The number of methoxy groups -OCH3 is 1. The second-order valence-electron chi connectivity index (χ2n) is 4.99. The Morgan fingerprint density at radius 2 is 2.47 bits per heavy atom. The Balaban J connectivity index is 2.10. The summed E-state index contributed by atoms with van der Waals surface area (Å²) in [6.07, 6.45) is 3.95. The molecule has 17 heavy (non-hydrogen) atoms. The molecule has 0 radical (unpaired) electrons. The Labute approximate surface area is 103 Å². The van der Waals surface area contributed by atoms with Crippen molar-refractivity contribution >= 4 is 0 Å². The molecule has 0 bridgehead atoms. The zero-order chi connectivity index (χ0) is 12.3. The zero-order valence-corrected chi connectivity index (χ0v) is 10.7. The molecular formula is C13H22N2O2. The van der Waals surface area contributed by atoms with Crippen LogP contribution in [0.3, 0.4) is 0 Å². The van der Waals surface area contributed by atoms with Gasteiger partial charge in [0.2, 0.25) is 0 Å². The van der Waals surface area contributed by atoms with Gasteiger partial charge in [-0.05, 0) is 38.4 Å². The number of piperidine rings is 1. The number of hydrogen-bond donors (Lipinski definition) is 1. The maximum atomic E-state index is 5.88. The van der Waals surface area contributed by atoms with Crippen LogP contribution in [0.1, 0.15) is 31.6 Å². The van der Waals surface area contributed by atoms with Crippen LogP contribution in [0.5, 0.6) is 0 Å². The SMILES string of the molecule is COC1(C)CCCN(C(CN)c2ccco2)C1. The average Bonchev–Trinajstić information content (AvgIpc) is 2.84. The van der Waals surface area contributed by atoms with Gasteiger partial charge in [0.1, 0.15) is 5.76 Å². The minimum Gasteiger partial charge on any atom is -0.468 e. The Bertz CT molecular complexity index is 339. The summed E-state index contributed by atoms with van der Waals surface area (Å²) in [5.41, 5.74) is 5.83. The molecular weight excluding hydrogens is 216 g/mol. The molecule has 1 saturated heterocycles. The lowest BCUT2D eigenvalue weighted by Crippen LogP contribution is -2.49. The van der Waals surface area contributed by atoms with Gasteiger partial charge in [0.05, 0.1) is 17.9 Å². The van der Waals surface area contributed by atoms with E-state index in [0.717, 1.165) is 31.7 Å². The molecule has 0 aromatic carbocycles. The fraction of sp³-hybridized carbons (Fsp3) is 0.692. The zero-order valence-electron chi connectivity index (χ0n) is 10.7. The van der Waals surface area contributed by atoms with Gasteiger partial charge in [-0.25, -0.2) is 0 Å². The summed E-state index contributed by atoms with van der Waals surface area (Å²) < 4.78 is 11.1. The molecule has 2 unspecified atom stereocenters. The number of likely N-dealkylation sites (tertiary alicyclic amines) is 1. The normalized spacial score (nSPS) is 28.2. The molecule has 1 aromatic rings. The third-order valence-corrected chi connectivity index (χ3v) is 3.72. The molecule has 4 heteroatoms. The molecule has 0 aliphatic carbocycles. The van der Waals surface area contributed by atoms with E-state index < -0.39 is 0 Å². The molecule has 2 rings (SSSR count). The van der Waals surface area contributed by atoms with E-state index in [-0.39, 0.29) is 11.6 Å². The van der Waals surface area contributed by atoms with Gasteiger partial charge in [-0.3, -0.25) is 4.90 Å². The second kappa shape index (κ2) is 5.21. The van der Waals surface area contributed by atoms with Crippen LogP contribution in [0, 0.1) is 0 Å². The predicted octanol–water partition coefficient (Wildman–Crippen LogP) is 1.78. The van der Waals surface area contributed by atoms with Crippen molar-refractivity contribution in [2.45, 2.75) is 31.4 Å². The minimum absolute atomic E-state index is 0.0573. The van der Waals surface area contributed by atoms with Gasteiger partial charge in [-0.2, -0.15) is 0 Å². The van der Waals surface area contributed by atoms with Crippen LogP contribution in [-0.2, 0) is 4.74 Å². The summed E-state index contributed by atoms with van der Waals surface area (Å²) >= 11 is 0. The molecule has 96 valence electrons. The standard InChI is InChI=1S/C13H22N2O2/c1-13(16-2)6-4-7-15(10-13)11(9-14)12-5-3-8-17-12/h3,5,8,11H,4,6-7,9-10,14H2,1-2H3. The monoisotopic (exact) mass is 238 g/mol. The van der Waals surface area contributed by atoms with E-state index in [2.05, 4.69) is 11.8 Å². The van der Waals surface area contributed by atoms with Crippen molar-refractivity contribution in [2.75, 3.05) is 26.7 Å². The van der Waals surface area contributed by atoms with E-state index in [9.17, 15) is 0 Å². The van der Waals surface area contributed by atoms with Crippen molar-refractivity contribution < 1.29 is 9.15 Å². The van der Waals surface area contributed by atoms with Crippen LogP contribution in [0.15, 0.2) is 22.8 Å². The number of nitrogens with zero attached hydrogens (tertiary/aromatic N) is 1. The topological polar surface area (TPSA) is 51.6 Å². The van der Waals surface area contributed by atoms with E-state index >= 15 is 0 Å². The largest absolute Gasteiger partial charge is 0.468 e. The first-order chi connectivity index (χ1) is 8.18. The summed E-state index contributed by atoms with van der Waals surface area (Å²) in [5, 5.41) is 0. The first-order valence-electron chi connectivity index (χ1n) is 6.21. The summed E-state index contributed by atoms with van der Waals surface area (Å²) in [6, 6.07) is 4.08. The number of nitrogens with two attached hydrogens (primary N) is 1. The smallest absolute Gasteiger partial charge is 0.122 e. The van der Waals surface area contributed by atoms with Crippen LogP contribution in [0.2, 0.25) is 0 Å². The van der Waals surface area contributed by atoms with Crippen molar-refractivity contribution in [1.29, 1.82) is 0 Å². The van der Waals surface area contributed by atoms with Gasteiger partial charge in [0, 0.05) is 20.2 Å². The van der Waals surface area contributed by atoms with E-state index in [1.165, 1.54) is 0 Å². The molecule has 1 fully saturated rings. The van der Waals surface area contributed by atoms with Gasteiger partial charge < -0.3 is 14.9 Å². The highest BCUT2D eigenvalue weighted by atomic mass is 16.5. The van der Waals surface area contributed by atoms with Gasteiger partial charge in [0.25, 0.3) is 0 Å². The van der Waals surface area contributed by atoms with Crippen molar-refractivity contribution in [3.05, 3.63) is 24.2 Å². The molecule has 2 N–H and O–H groups in total. The molecule has 1 aliphatic rings. The Hall–Kier alpha value is -0.840. The van der Waals surface area contributed by atoms with Crippen LogP contribution < -0.4 is 5.73 Å². The highest BCUT2D eigenvalue weighted by Crippen LogP contribution is 2.30. The van der Waals surface area contributed by atoms with E-state index in [1.807, 2.05) is 12.1 Å². The first-order valence-corrected chi connectivity index (χ1v) is 6.21. The second-order valence-corrected chi connectivity index (χ2v) is 4.99. The molecule has 0 spiro atoms. The number of furan rings is 1. The third-order valence-electron chi connectivity index (χ3n) is 3.72. The average molecular weight is 238 g/mol. The summed E-state index contributed by atoms with van der Waals surface area (Å²) in [5.74, 6) is 0.952. The number of ether oxygens (including phenoxy) is 1. The summed E-state index contributed by atoms with van der Waals surface area (Å²) in [6.45, 7) is 4.70. The van der Waals surface area contributed by atoms with Crippen LogP contribution in [0.25, 0.3) is 0 Å². The van der Waals surface area contributed by atoms with Crippen LogP contribution in [-0.4, -0.2) is 37.2 Å². The summed E-state index contributed by atoms with van der Waals surface area (Å²) in [7, 11) is 1.79. The third kappa shape index (κ3) is 2.70. The van der Waals surface area contributed by atoms with Crippen LogP contribution in [0.4, 0.5) is 0 Å². The molecule has 2 atom stereocenters.